The number of benzene rings is 3. The Kier molecular flexibility index (Phi) is 4.35. The maximum Gasteiger partial charge on any atom is 0.258 e. The van der Waals surface area contributed by atoms with E-state index in [1.165, 1.54) is 0 Å². The van der Waals surface area contributed by atoms with Crippen LogP contribution in [0.4, 0.5) is 17.1 Å². The van der Waals surface area contributed by atoms with E-state index in [4.69, 9.17) is 0 Å². The number of aromatic amines is 1. The lowest BCUT2D eigenvalue weighted by molar-refractivity contribution is 0.953. The molecule has 0 atom stereocenters. The molecular formula is C21H18N4O. The van der Waals surface area contributed by atoms with Crippen molar-refractivity contribution in [2.45, 2.75) is 6.54 Å². The van der Waals surface area contributed by atoms with Crippen molar-refractivity contribution in [2.24, 2.45) is 0 Å². The second-order valence-corrected chi connectivity index (χ2v) is 5.95. The van der Waals surface area contributed by atoms with E-state index in [1.54, 1.807) is 6.07 Å². The van der Waals surface area contributed by atoms with E-state index >= 15 is 0 Å². The first-order valence-electron chi connectivity index (χ1n) is 8.42. The lowest BCUT2D eigenvalue weighted by Gasteiger charge is -2.09. The first-order valence-corrected chi connectivity index (χ1v) is 8.42. The van der Waals surface area contributed by atoms with E-state index in [-0.39, 0.29) is 5.56 Å². The molecule has 3 N–H and O–H groups in total. The monoisotopic (exact) mass is 342 g/mol. The van der Waals surface area contributed by atoms with Gasteiger partial charge in [0.05, 0.1) is 17.4 Å². The number of nitrogens with one attached hydrogen (secondary N) is 3. The summed E-state index contributed by atoms with van der Waals surface area (Å²) >= 11 is 0. The van der Waals surface area contributed by atoms with Gasteiger partial charge in [0, 0.05) is 17.1 Å². The molecule has 1 aromatic heterocycles. The average molecular weight is 342 g/mol. The summed E-state index contributed by atoms with van der Waals surface area (Å²) in [4.78, 5) is 19.4. The third-order valence-electron chi connectivity index (χ3n) is 4.07. The average Bonchev–Trinajstić information content (AvgIpc) is 2.68. The molecule has 5 nitrogen and oxygen atoms in total. The van der Waals surface area contributed by atoms with Crippen LogP contribution in [-0.4, -0.2) is 9.97 Å². The van der Waals surface area contributed by atoms with Crippen molar-refractivity contribution in [2.75, 3.05) is 10.6 Å². The van der Waals surface area contributed by atoms with Gasteiger partial charge in [-0.3, -0.25) is 4.79 Å². The zero-order valence-corrected chi connectivity index (χ0v) is 14.1. The van der Waals surface area contributed by atoms with Gasteiger partial charge in [0.15, 0.2) is 0 Å². The van der Waals surface area contributed by atoms with Gasteiger partial charge in [0.2, 0.25) is 0 Å². The number of hydrogen-bond acceptors (Lipinski definition) is 4. The van der Waals surface area contributed by atoms with Crippen molar-refractivity contribution in [1.82, 2.24) is 9.97 Å². The summed E-state index contributed by atoms with van der Waals surface area (Å²) in [7, 11) is 0. The molecule has 4 rings (SSSR count). The van der Waals surface area contributed by atoms with Gasteiger partial charge in [-0.25, -0.2) is 4.98 Å². The van der Waals surface area contributed by atoms with E-state index in [9.17, 15) is 4.79 Å². The normalized spacial score (nSPS) is 10.6. The smallest absolute Gasteiger partial charge is 0.258 e. The van der Waals surface area contributed by atoms with Gasteiger partial charge in [-0.2, -0.15) is 0 Å². The van der Waals surface area contributed by atoms with Crippen molar-refractivity contribution in [1.29, 1.82) is 0 Å². The summed E-state index contributed by atoms with van der Waals surface area (Å²) < 4.78 is 0. The summed E-state index contributed by atoms with van der Waals surface area (Å²) in [5.41, 5.74) is 3.61. The molecule has 26 heavy (non-hydrogen) atoms. The maximum atomic E-state index is 12.1. The first kappa shape index (κ1) is 15.9. The Bertz CT molecular complexity index is 1070. The van der Waals surface area contributed by atoms with E-state index in [2.05, 4.69) is 20.6 Å². The largest absolute Gasteiger partial charge is 0.378 e. The summed E-state index contributed by atoms with van der Waals surface area (Å²) in [5.74, 6) is 0.611. The number of aromatic nitrogens is 2. The van der Waals surface area contributed by atoms with Gasteiger partial charge in [-0.1, -0.05) is 30.3 Å². The summed E-state index contributed by atoms with van der Waals surface area (Å²) in [6, 6.07) is 25.4. The number of rotatable bonds is 5. The molecule has 4 aromatic rings. The maximum absolute atomic E-state index is 12.1. The number of nitrogens with zero attached hydrogens (tertiary/aromatic N) is 1. The van der Waals surface area contributed by atoms with Crippen LogP contribution in [0.1, 0.15) is 5.82 Å². The molecule has 0 saturated heterocycles. The third kappa shape index (κ3) is 3.57. The number of fused-ring (bicyclic) bond motifs is 1. The van der Waals surface area contributed by atoms with Crippen LogP contribution >= 0.6 is 0 Å². The van der Waals surface area contributed by atoms with Gasteiger partial charge in [-0.15, -0.1) is 0 Å². The fourth-order valence-electron chi connectivity index (χ4n) is 2.76. The zero-order valence-electron chi connectivity index (χ0n) is 14.1. The second kappa shape index (κ2) is 7.11. The predicted octanol–water partition coefficient (Wildman–Crippen LogP) is 4.28. The molecule has 0 aliphatic rings. The first-order chi connectivity index (χ1) is 12.8. The molecule has 128 valence electrons. The third-order valence-corrected chi connectivity index (χ3v) is 4.07. The van der Waals surface area contributed by atoms with Crippen molar-refractivity contribution in [3.8, 4) is 0 Å². The zero-order chi connectivity index (χ0) is 17.8. The van der Waals surface area contributed by atoms with Gasteiger partial charge < -0.3 is 15.6 Å². The Labute approximate surface area is 150 Å². The lowest BCUT2D eigenvalue weighted by Crippen LogP contribution is -2.14. The molecular weight excluding hydrogens is 324 g/mol. The minimum absolute atomic E-state index is 0.116. The molecule has 3 aromatic carbocycles. The number of hydrogen-bond donors (Lipinski definition) is 3. The van der Waals surface area contributed by atoms with Crippen molar-refractivity contribution >= 4 is 28.0 Å². The summed E-state index contributed by atoms with van der Waals surface area (Å²) in [6.45, 7) is 0.450. The molecule has 0 radical (unpaired) electrons. The minimum atomic E-state index is -0.116. The van der Waals surface area contributed by atoms with Crippen LogP contribution in [0.2, 0.25) is 0 Å². The van der Waals surface area contributed by atoms with Gasteiger partial charge in [0.25, 0.3) is 5.56 Å². The van der Waals surface area contributed by atoms with E-state index < -0.39 is 0 Å². The Morgan fingerprint density at radius 3 is 2.23 bits per heavy atom. The highest BCUT2D eigenvalue weighted by atomic mass is 16.1. The number of H-pyrrole nitrogens is 1. The van der Waals surface area contributed by atoms with Crippen LogP contribution < -0.4 is 16.2 Å². The Balaban J connectivity index is 1.44. The predicted molar refractivity (Wildman–Crippen MR) is 106 cm³/mol. The molecule has 0 aliphatic carbocycles. The van der Waals surface area contributed by atoms with Crippen LogP contribution in [-0.2, 0) is 6.54 Å². The number of para-hydroxylation sites is 2. The van der Waals surface area contributed by atoms with Crippen LogP contribution in [0.3, 0.4) is 0 Å². The second-order valence-electron chi connectivity index (χ2n) is 5.95. The van der Waals surface area contributed by atoms with Gasteiger partial charge in [0.1, 0.15) is 5.82 Å². The molecule has 5 heteroatoms. The van der Waals surface area contributed by atoms with Gasteiger partial charge >= 0.3 is 0 Å². The number of anilines is 3. The highest BCUT2D eigenvalue weighted by Crippen LogP contribution is 2.19. The fraction of sp³-hybridized carbons (Fsp3) is 0.0476. The topological polar surface area (TPSA) is 69.8 Å². The molecule has 0 saturated carbocycles. The van der Waals surface area contributed by atoms with Crippen LogP contribution in [0.15, 0.2) is 83.7 Å². The SMILES string of the molecule is O=c1[nH]c(CNc2ccc(Nc3ccccc3)cc2)nc2ccccc12. The molecule has 0 amide bonds. The van der Waals surface area contributed by atoms with Crippen molar-refractivity contribution in [3.05, 3.63) is 95.0 Å². The van der Waals surface area contributed by atoms with E-state index in [0.29, 0.717) is 23.3 Å². The Hall–Kier alpha value is -3.60. The molecule has 0 aliphatic heterocycles. The quantitative estimate of drug-likeness (QED) is 0.506. The van der Waals surface area contributed by atoms with E-state index in [1.807, 2.05) is 72.8 Å². The highest BCUT2D eigenvalue weighted by Gasteiger charge is 2.03. The Morgan fingerprint density at radius 2 is 1.42 bits per heavy atom. The molecule has 0 unspecified atom stereocenters. The van der Waals surface area contributed by atoms with Crippen LogP contribution in [0, 0.1) is 0 Å². The van der Waals surface area contributed by atoms with Crippen LogP contribution in [0.25, 0.3) is 10.9 Å². The Morgan fingerprint density at radius 1 is 0.769 bits per heavy atom. The van der Waals surface area contributed by atoms with Crippen molar-refractivity contribution in [3.63, 3.8) is 0 Å². The molecule has 0 spiro atoms. The van der Waals surface area contributed by atoms with Crippen molar-refractivity contribution < 1.29 is 0 Å². The summed E-state index contributed by atoms with van der Waals surface area (Å²) in [5, 5.41) is 7.23. The lowest BCUT2D eigenvalue weighted by atomic mass is 10.2. The molecule has 1 heterocycles. The molecule has 0 fully saturated rings. The minimum Gasteiger partial charge on any atom is -0.378 e. The fourth-order valence-corrected chi connectivity index (χ4v) is 2.76. The highest BCUT2D eigenvalue weighted by molar-refractivity contribution is 5.77. The molecule has 0 bridgehead atoms. The van der Waals surface area contributed by atoms with E-state index in [0.717, 1.165) is 17.1 Å². The standard InChI is InChI=1S/C21H18N4O/c26-21-18-8-4-5-9-19(18)24-20(25-21)14-22-15-10-12-17(13-11-15)23-16-6-2-1-3-7-16/h1-13,22-23H,14H2,(H,24,25,26). The van der Waals surface area contributed by atoms with Crippen LogP contribution in [0.5, 0.6) is 0 Å². The summed E-state index contributed by atoms with van der Waals surface area (Å²) in [6.07, 6.45) is 0. The van der Waals surface area contributed by atoms with Gasteiger partial charge in [-0.05, 0) is 48.5 Å².